The van der Waals surface area contributed by atoms with Gasteiger partial charge in [-0.05, 0) is 26.0 Å². The monoisotopic (exact) mass is 353 g/mol. The van der Waals surface area contributed by atoms with Crippen LogP contribution in [0.3, 0.4) is 0 Å². The third kappa shape index (κ3) is 3.54. The Labute approximate surface area is 144 Å². The van der Waals surface area contributed by atoms with Gasteiger partial charge in [-0.3, -0.25) is 9.98 Å². The zero-order chi connectivity index (χ0) is 18.0. The zero-order valence-electron chi connectivity index (χ0n) is 15.0. The Bertz CT molecular complexity index is 698. The van der Waals surface area contributed by atoms with Crippen molar-refractivity contribution in [1.29, 1.82) is 0 Å². The van der Waals surface area contributed by atoms with Gasteiger partial charge in [-0.15, -0.1) is 0 Å². The summed E-state index contributed by atoms with van der Waals surface area (Å²) in [5.74, 6) is 0.792. The van der Waals surface area contributed by atoms with Crippen LogP contribution < -0.4 is 10.0 Å². The van der Waals surface area contributed by atoms with E-state index in [-0.39, 0.29) is 22.4 Å². The highest BCUT2D eigenvalue weighted by Gasteiger charge is 2.53. The summed E-state index contributed by atoms with van der Waals surface area (Å²) in [6, 6.07) is 3.12. The zero-order valence-corrected chi connectivity index (χ0v) is 15.8. The summed E-state index contributed by atoms with van der Waals surface area (Å²) in [4.78, 5) is 10.5. The largest absolute Gasteiger partial charge is 0.355 e. The molecule has 1 aromatic rings. The van der Waals surface area contributed by atoms with Gasteiger partial charge in [0.1, 0.15) is 4.90 Å². The third-order valence-corrected chi connectivity index (χ3v) is 6.44. The maximum absolute atomic E-state index is 12.1. The molecule has 134 valence electrons. The number of hydrogen-bond acceptors (Lipinski definition) is 4. The molecule has 0 amide bonds. The second kappa shape index (κ2) is 6.68. The van der Waals surface area contributed by atoms with Crippen LogP contribution in [0.1, 0.15) is 27.7 Å². The smallest absolute Gasteiger partial charge is 0.242 e. The summed E-state index contributed by atoms with van der Waals surface area (Å²) >= 11 is 0. The first-order valence-corrected chi connectivity index (χ1v) is 9.48. The number of nitrogens with one attached hydrogen (secondary N) is 2. The first-order chi connectivity index (χ1) is 11.1. The third-order valence-electron chi connectivity index (χ3n) is 5.00. The van der Waals surface area contributed by atoms with E-state index in [0.717, 1.165) is 12.5 Å². The van der Waals surface area contributed by atoms with Crippen LogP contribution in [0, 0.1) is 5.41 Å². The van der Waals surface area contributed by atoms with Crippen molar-refractivity contribution in [1.82, 2.24) is 19.9 Å². The number of hydrogen-bond donors (Lipinski definition) is 2. The lowest BCUT2D eigenvalue weighted by Crippen LogP contribution is -2.72. The molecule has 0 spiro atoms. The van der Waals surface area contributed by atoms with E-state index in [1.807, 2.05) is 0 Å². The molecule has 0 unspecified atom stereocenters. The van der Waals surface area contributed by atoms with Gasteiger partial charge in [0.15, 0.2) is 5.96 Å². The van der Waals surface area contributed by atoms with E-state index in [1.165, 1.54) is 12.3 Å². The number of aliphatic imine (C=N–C) groups is 1. The van der Waals surface area contributed by atoms with Gasteiger partial charge < -0.3 is 10.2 Å². The SMILES string of the molecule is CN=C(NCCNS(=O)(=O)c1cccnc1)N1CC(C)(C)C1(C)C. The summed E-state index contributed by atoms with van der Waals surface area (Å²) in [7, 11) is -1.78. The van der Waals surface area contributed by atoms with Crippen molar-refractivity contribution in [3.8, 4) is 0 Å². The average Bonchev–Trinajstić information content (AvgIpc) is 2.54. The van der Waals surface area contributed by atoms with Crippen molar-refractivity contribution in [2.24, 2.45) is 10.4 Å². The molecule has 1 fully saturated rings. The lowest BCUT2D eigenvalue weighted by atomic mass is 9.65. The van der Waals surface area contributed by atoms with E-state index in [2.05, 4.69) is 52.6 Å². The second-order valence-corrected chi connectivity index (χ2v) is 8.86. The molecule has 7 nitrogen and oxygen atoms in total. The Morgan fingerprint density at radius 2 is 2.04 bits per heavy atom. The first-order valence-electron chi connectivity index (χ1n) is 8.00. The van der Waals surface area contributed by atoms with Crippen molar-refractivity contribution in [3.05, 3.63) is 24.5 Å². The molecule has 1 aliphatic heterocycles. The van der Waals surface area contributed by atoms with Crippen LogP contribution in [0.15, 0.2) is 34.4 Å². The van der Waals surface area contributed by atoms with E-state index in [0.29, 0.717) is 6.54 Å². The Kier molecular flexibility index (Phi) is 5.19. The van der Waals surface area contributed by atoms with Gasteiger partial charge in [0, 0.05) is 50.0 Å². The molecule has 0 bridgehead atoms. The molecule has 0 aromatic carbocycles. The minimum atomic E-state index is -3.52. The molecule has 0 saturated carbocycles. The fourth-order valence-corrected chi connectivity index (χ4v) is 3.64. The number of sulfonamides is 1. The maximum atomic E-state index is 12.1. The van der Waals surface area contributed by atoms with Crippen LogP contribution in [0.2, 0.25) is 0 Å². The number of rotatable bonds is 5. The molecular formula is C16H27N5O2S. The van der Waals surface area contributed by atoms with Crippen LogP contribution in [-0.4, -0.2) is 56.5 Å². The highest BCUT2D eigenvalue weighted by molar-refractivity contribution is 7.89. The van der Waals surface area contributed by atoms with Crippen molar-refractivity contribution < 1.29 is 8.42 Å². The van der Waals surface area contributed by atoms with Crippen LogP contribution in [-0.2, 0) is 10.0 Å². The van der Waals surface area contributed by atoms with E-state index >= 15 is 0 Å². The Morgan fingerprint density at radius 1 is 1.33 bits per heavy atom. The number of nitrogens with zero attached hydrogens (tertiary/aromatic N) is 3. The van der Waals surface area contributed by atoms with Gasteiger partial charge in [0.2, 0.25) is 10.0 Å². The fraction of sp³-hybridized carbons (Fsp3) is 0.625. The van der Waals surface area contributed by atoms with Crippen LogP contribution >= 0.6 is 0 Å². The van der Waals surface area contributed by atoms with Crippen molar-refractivity contribution in [3.63, 3.8) is 0 Å². The number of aromatic nitrogens is 1. The fourth-order valence-electron chi connectivity index (χ4n) is 2.64. The minimum Gasteiger partial charge on any atom is -0.355 e. The van der Waals surface area contributed by atoms with Crippen molar-refractivity contribution in [2.45, 2.75) is 38.1 Å². The molecule has 8 heteroatoms. The Morgan fingerprint density at radius 3 is 2.54 bits per heavy atom. The molecule has 1 saturated heterocycles. The Balaban J connectivity index is 1.86. The molecule has 0 atom stereocenters. The number of likely N-dealkylation sites (tertiary alicyclic amines) is 1. The summed E-state index contributed by atoms with van der Waals surface area (Å²) in [5.41, 5.74) is 0.219. The van der Waals surface area contributed by atoms with Gasteiger partial charge in [0.05, 0.1) is 0 Å². The molecule has 2 heterocycles. The molecular weight excluding hydrogens is 326 g/mol. The van der Waals surface area contributed by atoms with Gasteiger partial charge >= 0.3 is 0 Å². The predicted molar refractivity (Wildman–Crippen MR) is 95.4 cm³/mol. The predicted octanol–water partition coefficient (Wildman–Crippen LogP) is 1.06. The number of pyridine rings is 1. The molecule has 1 aliphatic rings. The van der Waals surface area contributed by atoms with Crippen LogP contribution in [0.25, 0.3) is 0 Å². The topological polar surface area (TPSA) is 86.7 Å². The Hall–Kier alpha value is -1.67. The molecule has 0 radical (unpaired) electrons. The van der Waals surface area contributed by atoms with E-state index in [1.54, 1.807) is 19.3 Å². The minimum absolute atomic E-state index is 0.00402. The van der Waals surface area contributed by atoms with Gasteiger partial charge in [-0.2, -0.15) is 0 Å². The van der Waals surface area contributed by atoms with Crippen LogP contribution in [0.5, 0.6) is 0 Å². The number of guanidine groups is 1. The first kappa shape index (κ1) is 18.7. The van der Waals surface area contributed by atoms with Crippen LogP contribution in [0.4, 0.5) is 0 Å². The quantitative estimate of drug-likeness (QED) is 0.469. The molecule has 0 aliphatic carbocycles. The van der Waals surface area contributed by atoms with Gasteiger partial charge in [0.25, 0.3) is 0 Å². The molecule has 2 rings (SSSR count). The second-order valence-electron chi connectivity index (χ2n) is 7.09. The average molecular weight is 353 g/mol. The highest BCUT2D eigenvalue weighted by Crippen LogP contribution is 2.46. The van der Waals surface area contributed by atoms with Gasteiger partial charge in [-0.1, -0.05) is 13.8 Å². The highest BCUT2D eigenvalue weighted by atomic mass is 32.2. The van der Waals surface area contributed by atoms with Crippen molar-refractivity contribution in [2.75, 3.05) is 26.7 Å². The van der Waals surface area contributed by atoms with E-state index < -0.39 is 10.0 Å². The molecule has 2 N–H and O–H groups in total. The summed E-state index contributed by atoms with van der Waals surface area (Å²) < 4.78 is 26.8. The summed E-state index contributed by atoms with van der Waals surface area (Å²) in [6.07, 6.45) is 2.88. The summed E-state index contributed by atoms with van der Waals surface area (Å²) in [5, 5.41) is 3.22. The summed E-state index contributed by atoms with van der Waals surface area (Å²) in [6.45, 7) is 10.5. The van der Waals surface area contributed by atoms with E-state index in [4.69, 9.17) is 0 Å². The standard InChI is InChI=1S/C16H27N5O2S/c1-15(2)12-21(16(15,3)4)14(17-5)19-9-10-20-24(22,23)13-7-6-8-18-11-13/h6-8,11,20H,9-10,12H2,1-5H3,(H,17,19). The lowest BCUT2D eigenvalue weighted by Gasteiger charge is -2.62. The van der Waals surface area contributed by atoms with E-state index in [9.17, 15) is 8.42 Å². The lowest BCUT2D eigenvalue weighted by molar-refractivity contribution is -0.0666. The maximum Gasteiger partial charge on any atom is 0.242 e. The normalized spacial score (nSPS) is 19.7. The van der Waals surface area contributed by atoms with Crippen molar-refractivity contribution >= 4 is 16.0 Å². The molecule has 1 aromatic heterocycles. The van der Waals surface area contributed by atoms with Gasteiger partial charge in [-0.25, -0.2) is 13.1 Å². The molecule has 24 heavy (non-hydrogen) atoms.